The standard InChI is InChI=1S/C27H26BrN3O3/c1-30(2)18-14-12-17(13-15-18)22(29-21-10-6-5-9-20(21)28)16-24(32)25-26(33)19-8-4-7-11-23(19)31(3)27(25)34/h4-15,22,29,33H,16H2,1-3H3/t22-/m1/s1. The third-order valence-electron chi connectivity index (χ3n) is 5.96. The number of nitrogens with one attached hydrogen (secondary N) is 1. The lowest BCUT2D eigenvalue weighted by atomic mass is 9.96. The molecule has 0 fully saturated rings. The highest BCUT2D eigenvalue weighted by Crippen LogP contribution is 2.32. The topological polar surface area (TPSA) is 74.6 Å². The highest BCUT2D eigenvalue weighted by Gasteiger charge is 2.25. The lowest BCUT2D eigenvalue weighted by molar-refractivity contribution is 0.0972. The first kappa shape index (κ1) is 23.6. The van der Waals surface area contributed by atoms with E-state index in [1.54, 1.807) is 31.3 Å². The third kappa shape index (κ3) is 4.56. The van der Waals surface area contributed by atoms with Gasteiger partial charge in [-0.15, -0.1) is 0 Å². The fraction of sp³-hybridized carbons (Fsp3) is 0.185. The summed E-state index contributed by atoms with van der Waals surface area (Å²) in [6.45, 7) is 0. The molecule has 4 rings (SSSR count). The Morgan fingerprint density at radius 2 is 1.68 bits per heavy atom. The van der Waals surface area contributed by atoms with Crippen LogP contribution >= 0.6 is 15.9 Å². The summed E-state index contributed by atoms with van der Waals surface area (Å²) < 4.78 is 2.27. The van der Waals surface area contributed by atoms with Crippen LogP contribution in [0.25, 0.3) is 10.9 Å². The Labute approximate surface area is 206 Å². The maximum absolute atomic E-state index is 13.5. The number of carbonyl (C=O) groups is 1. The van der Waals surface area contributed by atoms with E-state index in [0.717, 1.165) is 21.4 Å². The zero-order valence-electron chi connectivity index (χ0n) is 19.2. The van der Waals surface area contributed by atoms with E-state index in [-0.39, 0.29) is 17.7 Å². The molecule has 3 aromatic carbocycles. The number of aromatic nitrogens is 1. The molecule has 6 nitrogen and oxygen atoms in total. The molecule has 0 bridgehead atoms. The number of fused-ring (bicyclic) bond motifs is 1. The molecule has 1 aromatic heterocycles. The number of ketones is 1. The minimum Gasteiger partial charge on any atom is -0.506 e. The Morgan fingerprint density at radius 3 is 2.35 bits per heavy atom. The van der Waals surface area contributed by atoms with E-state index in [2.05, 4.69) is 21.2 Å². The summed E-state index contributed by atoms with van der Waals surface area (Å²) in [6, 6.07) is 22.2. The van der Waals surface area contributed by atoms with Gasteiger partial charge in [-0.25, -0.2) is 0 Å². The Kier molecular flexibility index (Phi) is 6.75. The van der Waals surface area contributed by atoms with Crippen molar-refractivity contribution >= 4 is 44.0 Å². The number of halogens is 1. The van der Waals surface area contributed by atoms with Crippen LogP contribution in [0.1, 0.15) is 28.4 Å². The number of anilines is 2. The molecule has 0 aliphatic rings. The van der Waals surface area contributed by atoms with Gasteiger partial charge < -0.3 is 19.9 Å². The number of hydrogen-bond donors (Lipinski definition) is 2. The number of pyridine rings is 1. The zero-order valence-corrected chi connectivity index (χ0v) is 20.8. The molecule has 0 amide bonds. The van der Waals surface area contributed by atoms with Gasteiger partial charge in [-0.2, -0.15) is 0 Å². The van der Waals surface area contributed by atoms with Crippen LogP contribution in [0.2, 0.25) is 0 Å². The second-order valence-corrected chi connectivity index (χ2v) is 9.25. The van der Waals surface area contributed by atoms with Gasteiger partial charge in [-0.3, -0.25) is 9.59 Å². The van der Waals surface area contributed by atoms with E-state index in [9.17, 15) is 14.7 Å². The molecule has 0 radical (unpaired) electrons. The van der Waals surface area contributed by atoms with Gasteiger partial charge >= 0.3 is 0 Å². The van der Waals surface area contributed by atoms with E-state index in [0.29, 0.717) is 10.9 Å². The molecule has 7 heteroatoms. The number of carbonyl (C=O) groups excluding carboxylic acids is 1. The zero-order chi connectivity index (χ0) is 24.4. The first-order valence-electron chi connectivity index (χ1n) is 10.9. The largest absolute Gasteiger partial charge is 0.506 e. The summed E-state index contributed by atoms with van der Waals surface area (Å²) in [4.78, 5) is 28.5. The predicted octanol–water partition coefficient (Wildman–Crippen LogP) is 5.50. The van der Waals surface area contributed by atoms with Gasteiger partial charge in [0.2, 0.25) is 0 Å². The van der Waals surface area contributed by atoms with Gasteiger partial charge in [0.15, 0.2) is 5.78 Å². The third-order valence-corrected chi connectivity index (χ3v) is 6.65. The summed E-state index contributed by atoms with van der Waals surface area (Å²) >= 11 is 3.55. The lowest BCUT2D eigenvalue weighted by Crippen LogP contribution is -2.27. The number of rotatable bonds is 7. The van der Waals surface area contributed by atoms with Crippen molar-refractivity contribution in [1.82, 2.24) is 4.57 Å². The second-order valence-electron chi connectivity index (χ2n) is 8.39. The normalized spacial score (nSPS) is 11.9. The average molecular weight is 520 g/mol. The molecule has 0 saturated carbocycles. The molecule has 1 atom stereocenters. The van der Waals surface area contributed by atoms with Crippen molar-refractivity contribution in [2.75, 3.05) is 24.3 Å². The van der Waals surface area contributed by atoms with Crippen molar-refractivity contribution in [3.05, 3.63) is 98.7 Å². The van der Waals surface area contributed by atoms with E-state index in [1.807, 2.05) is 67.5 Å². The molecule has 2 N–H and O–H groups in total. The highest BCUT2D eigenvalue weighted by atomic mass is 79.9. The molecule has 4 aromatic rings. The summed E-state index contributed by atoms with van der Waals surface area (Å²) in [5, 5.41) is 14.8. The van der Waals surface area contributed by atoms with Crippen molar-refractivity contribution in [2.45, 2.75) is 12.5 Å². The first-order chi connectivity index (χ1) is 16.3. The van der Waals surface area contributed by atoms with Gasteiger partial charge in [-0.05, 0) is 57.9 Å². The van der Waals surface area contributed by atoms with Crippen LogP contribution in [-0.2, 0) is 7.05 Å². The van der Waals surface area contributed by atoms with Crippen LogP contribution in [-0.4, -0.2) is 29.6 Å². The number of Topliss-reactive ketones (excluding diaryl/α,β-unsaturated/α-hetero) is 1. The molecule has 0 saturated heterocycles. The van der Waals surface area contributed by atoms with Crippen LogP contribution in [0.5, 0.6) is 5.75 Å². The predicted molar refractivity (Wildman–Crippen MR) is 141 cm³/mol. The molecule has 34 heavy (non-hydrogen) atoms. The van der Waals surface area contributed by atoms with E-state index in [4.69, 9.17) is 0 Å². The Hall–Kier alpha value is -3.58. The van der Waals surface area contributed by atoms with Crippen molar-refractivity contribution < 1.29 is 9.90 Å². The lowest BCUT2D eigenvalue weighted by Gasteiger charge is -2.22. The average Bonchev–Trinajstić information content (AvgIpc) is 2.83. The molecule has 0 aliphatic carbocycles. The van der Waals surface area contributed by atoms with Crippen molar-refractivity contribution in [3.63, 3.8) is 0 Å². The summed E-state index contributed by atoms with van der Waals surface area (Å²) in [7, 11) is 5.54. The van der Waals surface area contributed by atoms with Crippen LogP contribution in [0.4, 0.5) is 11.4 Å². The number of para-hydroxylation sites is 2. The Bertz CT molecular complexity index is 1410. The maximum Gasteiger partial charge on any atom is 0.265 e. The number of hydrogen-bond acceptors (Lipinski definition) is 5. The molecule has 0 aliphatic heterocycles. The van der Waals surface area contributed by atoms with Gasteiger partial charge in [0.05, 0.1) is 11.6 Å². The van der Waals surface area contributed by atoms with Crippen LogP contribution < -0.4 is 15.8 Å². The molecule has 1 heterocycles. The van der Waals surface area contributed by atoms with Crippen molar-refractivity contribution in [3.8, 4) is 5.75 Å². The number of aryl methyl sites for hydroxylation is 1. The fourth-order valence-corrected chi connectivity index (χ4v) is 4.44. The molecule has 174 valence electrons. The highest BCUT2D eigenvalue weighted by molar-refractivity contribution is 9.10. The quantitative estimate of drug-likeness (QED) is 0.315. The van der Waals surface area contributed by atoms with Gasteiger partial charge in [0.25, 0.3) is 5.56 Å². The monoisotopic (exact) mass is 519 g/mol. The number of benzene rings is 3. The minimum absolute atomic E-state index is 0.0101. The maximum atomic E-state index is 13.5. The summed E-state index contributed by atoms with van der Waals surface area (Å²) in [5.41, 5.74) is 2.63. The van der Waals surface area contributed by atoms with Crippen LogP contribution in [0, 0.1) is 0 Å². The number of nitrogens with zero attached hydrogens (tertiary/aromatic N) is 2. The number of aromatic hydroxyl groups is 1. The Balaban J connectivity index is 1.75. The Morgan fingerprint density at radius 1 is 1.03 bits per heavy atom. The second kappa shape index (κ2) is 9.73. The van der Waals surface area contributed by atoms with Gasteiger partial charge in [0.1, 0.15) is 11.3 Å². The smallest absolute Gasteiger partial charge is 0.265 e. The van der Waals surface area contributed by atoms with Crippen molar-refractivity contribution in [2.24, 2.45) is 7.05 Å². The first-order valence-corrected chi connectivity index (χ1v) is 11.7. The minimum atomic E-state index is -0.510. The van der Waals surface area contributed by atoms with Gasteiger partial charge in [0, 0.05) is 48.8 Å². The van der Waals surface area contributed by atoms with Crippen LogP contribution in [0.3, 0.4) is 0 Å². The summed E-state index contributed by atoms with van der Waals surface area (Å²) in [5.74, 6) is -0.698. The SMILES string of the molecule is CN(C)c1ccc([C@@H](CC(=O)c2c(O)c3ccccc3n(C)c2=O)Nc2ccccc2Br)cc1. The van der Waals surface area contributed by atoms with Gasteiger partial charge in [-0.1, -0.05) is 36.4 Å². The van der Waals surface area contributed by atoms with Crippen LogP contribution in [0.15, 0.2) is 82.1 Å². The van der Waals surface area contributed by atoms with Crippen molar-refractivity contribution in [1.29, 1.82) is 0 Å². The molecule has 0 unspecified atom stereocenters. The molecule has 0 spiro atoms. The molecular weight excluding hydrogens is 494 g/mol. The fourth-order valence-electron chi connectivity index (χ4n) is 4.04. The summed E-state index contributed by atoms with van der Waals surface area (Å²) in [6.07, 6.45) is -0.0101. The van der Waals surface area contributed by atoms with E-state index in [1.165, 1.54) is 4.57 Å². The van der Waals surface area contributed by atoms with E-state index < -0.39 is 17.4 Å². The molecular formula is C27H26BrN3O3. The van der Waals surface area contributed by atoms with E-state index >= 15 is 0 Å².